The molecule has 3 rings (SSSR count). The van der Waals surface area contributed by atoms with Crippen LogP contribution in [0.3, 0.4) is 0 Å². The average Bonchev–Trinajstić information content (AvgIpc) is 3.26. The van der Waals surface area contributed by atoms with E-state index in [4.69, 9.17) is 4.74 Å². The second-order valence-corrected chi connectivity index (χ2v) is 6.95. The van der Waals surface area contributed by atoms with Crippen LogP contribution in [0, 0.1) is 0 Å². The minimum absolute atomic E-state index is 0. The van der Waals surface area contributed by atoms with Crippen LogP contribution < -0.4 is 10.6 Å². The third-order valence-electron chi connectivity index (χ3n) is 4.91. The summed E-state index contributed by atoms with van der Waals surface area (Å²) in [5.41, 5.74) is 2.26. The minimum Gasteiger partial charge on any atom is -0.378 e. The molecule has 1 aromatic carbocycles. The lowest BCUT2D eigenvalue weighted by molar-refractivity contribution is 0.0277. The van der Waals surface area contributed by atoms with E-state index < -0.39 is 0 Å². The molecule has 0 amide bonds. The quantitative estimate of drug-likeness (QED) is 0.252. The molecule has 1 aromatic heterocycles. The molecule has 0 atom stereocenters. The van der Waals surface area contributed by atoms with Gasteiger partial charge in [-0.1, -0.05) is 31.4 Å². The van der Waals surface area contributed by atoms with Crippen molar-refractivity contribution in [3.63, 3.8) is 0 Å². The van der Waals surface area contributed by atoms with Crippen LogP contribution in [0.4, 0.5) is 0 Å². The zero-order valence-electron chi connectivity index (χ0n) is 16.6. The van der Waals surface area contributed by atoms with Gasteiger partial charge in [-0.15, -0.1) is 24.0 Å². The fraction of sp³-hybridized carbons (Fsp3) is 0.524. The SMILES string of the molecule is CN=C(NCCCOC1CCCCC1)NCc1ccc(-n2cccn2)cc1.I. The lowest BCUT2D eigenvalue weighted by Crippen LogP contribution is -2.37. The van der Waals surface area contributed by atoms with Crippen molar-refractivity contribution in [3.05, 3.63) is 48.3 Å². The molecule has 0 saturated heterocycles. The van der Waals surface area contributed by atoms with Crippen LogP contribution in [0.5, 0.6) is 0 Å². The van der Waals surface area contributed by atoms with Gasteiger partial charge in [0.25, 0.3) is 0 Å². The average molecular weight is 497 g/mol. The number of hydrogen-bond acceptors (Lipinski definition) is 3. The van der Waals surface area contributed by atoms with Crippen LogP contribution >= 0.6 is 24.0 Å². The van der Waals surface area contributed by atoms with Gasteiger partial charge in [0.15, 0.2) is 5.96 Å². The number of nitrogens with one attached hydrogen (secondary N) is 2. The van der Waals surface area contributed by atoms with E-state index in [0.717, 1.165) is 37.8 Å². The predicted octanol–water partition coefficient (Wildman–Crippen LogP) is 3.89. The zero-order valence-corrected chi connectivity index (χ0v) is 19.0. The van der Waals surface area contributed by atoms with Gasteiger partial charge in [-0.3, -0.25) is 4.99 Å². The Balaban J connectivity index is 0.00000280. The van der Waals surface area contributed by atoms with Crippen molar-refractivity contribution >= 4 is 29.9 Å². The number of guanidine groups is 1. The molecular formula is C21H32IN5O. The van der Waals surface area contributed by atoms with Crippen molar-refractivity contribution in [1.29, 1.82) is 0 Å². The van der Waals surface area contributed by atoms with Gasteiger partial charge in [0.1, 0.15) is 0 Å². The maximum absolute atomic E-state index is 5.96. The smallest absolute Gasteiger partial charge is 0.191 e. The first kappa shape index (κ1) is 22.7. The van der Waals surface area contributed by atoms with E-state index >= 15 is 0 Å². The molecule has 0 aliphatic heterocycles. The highest BCUT2D eigenvalue weighted by Crippen LogP contribution is 2.20. The van der Waals surface area contributed by atoms with Crippen molar-refractivity contribution in [2.45, 2.75) is 51.2 Å². The van der Waals surface area contributed by atoms with E-state index in [1.54, 1.807) is 13.2 Å². The van der Waals surface area contributed by atoms with Crippen LogP contribution in [0.1, 0.15) is 44.1 Å². The summed E-state index contributed by atoms with van der Waals surface area (Å²) in [7, 11) is 1.80. The summed E-state index contributed by atoms with van der Waals surface area (Å²) >= 11 is 0. The van der Waals surface area contributed by atoms with Crippen LogP contribution in [0.25, 0.3) is 5.69 Å². The van der Waals surface area contributed by atoms with Crippen LogP contribution in [0.2, 0.25) is 0 Å². The number of benzene rings is 1. The maximum atomic E-state index is 5.96. The Morgan fingerprint density at radius 2 is 1.96 bits per heavy atom. The first-order valence-corrected chi connectivity index (χ1v) is 10.0. The summed E-state index contributed by atoms with van der Waals surface area (Å²) in [5.74, 6) is 0.823. The van der Waals surface area contributed by atoms with Crippen molar-refractivity contribution < 1.29 is 4.74 Å². The molecule has 1 aliphatic rings. The molecule has 6 nitrogen and oxygen atoms in total. The van der Waals surface area contributed by atoms with Crippen LogP contribution in [-0.4, -0.2) is 42.0 Å². The van der Waals surface area contributed by atoms with E-state index in [1.165, 1.54) is 37.7 Å². The molecule has 0 bridgehead atoms. The fourth-order valence-electron chi connectivity index (χ4n) is 3.36. The molecule has 1 saturated carbocycles. The molecule has 0 radical (unpaired) electrons. The fourth-order valence-corrected chi connectivity index (χ4v) is 3.36. The molecule has 1 aliphatic carbocycles. The lowest BCUT2D eigenvalue weighted by atomic mass is 9.98. The van der Waals surface area contributed by atoms with Gasteiger partial charge in [-0.2, -0.15) is 5.10 Å². The van der Waals surface area contributed by atoms with Crippen molar-refractivity contribution in [2.75, 3.05) is 20.2 Å². The largest absolute Gasteiger partial charge is 0.378 e. The van der Waals surface area contributed by atoms with Crippen LogP contribution in [0.15, 0.2) is 47.7 Å². The zero-order chi connectivity index (χ0) is 18.7. The predicted molar refractivity (Wildman–Crippen MR) is 125 cm³/mol. The molecule has 0 spiro atoms. The van der Waals surface area contributed by atoms with E-state index in [-0.39, 0.29) is 24.0 Å². The second kappa shape index (κ2) is 12.8. The van der Waals surface area contributed by atoms with Crippen molar-refractivity contribution in [3.8, 4) is 5.69 Å². The number of aliphatic imine (C=N–C) groups is 1. The van der Waals surface area contributed by atoms with Crippen molar-refractivity contribution in [1.82, 2.24) is 20.4 Å². The first-order valence-electron chi connectivity index (χ1n) is 10.0. The van der Waals surface area contributed by atoms with Gasteiger partial charge >= 0.3 is 0 Å². The normalized spacial score (nSPS) is 15.1. The summed E-state index contributed by atoms with van der Waals surface area (Å²) < 4.78 is 7.82. The molecule has 2 N–H and O–H groups in total. The van der Waals surface area contributed by atoms with Gasteiger partial charge < -0.3 is 15.4 Å². The van der Waals surface area contributed by atoms with Gasteiger partial charge in [0, 0.05) is 39.1 Å². The first-order chi connectivity index (χ1) is 13.3. The van der Waals surface area contributed by atoms with E-state index in [1.807, 2.05) is 16.9 Å². The Kier molecular flexibility index (Phi) is 10.3. The summed E-state index contributed by atoms with van der Waals surface area (Å²) in [6.45, 7) is 2.42. The Hall–Kier alpha value is -1.61. The minimum atomic E-state index is 0. The highest BCUT2D eigenvalue weighted by molar-refractivity contribution is 14.0. The van der Waals surface area contributed by atoms with Gasteiger partial charge in [0.2, 0.25) is 0 Å². The van der Waals surface area contributed by atoms with E-state index in [0.29, 0.717) is 6.10 Å². The molecule has 0 unspecified atom stereocenters. The Labute approximate surface area is 185 Å². The number of rotatable bonds is 8. The number of ether oxygens (including phenoxy) is 1. The third-order valence-corrected chi connectivity index (χ3v) is 4.91. The second-order valence-electron chi connectivity index (χ2n) is 6.95. The topological polar surface area (TPSA) is 63.5 Å². The van der Waals surface area contributed by atoms with Crippen molar-refractivity contribution in [2.24, 2.45) is 4.99 Å². The summed E-state index contributed by atoms with van der Waals surface area (Å²) in [6, 6.07) is 10.3. The number of hydrogen-bond donors (Lipinski definition) is 2. The van der Waals surface area contributed by atoms with E-state index in [9.17, 15) is 0 Å². The molecule has 7 heteroatoms. The summed E-state index contributed by atoms with van der Waals surface area (Å²) in [6.07, 6.45) is 11.7. The van der Waals surface area contributed by atoms with Gasteiger partial charge in [0.05, 0.1) is 11.8 Å². The molecular weight excluding hydrogens is 465 g/mol. The molecule has 2 aromatic rings. The van der Waals surface area contributed by atoms with E-state index in [2.05, 4.69) is 45.0 Å². The number of aromatic nitrogens is 2. The summed E-state index contributed by atoms with van der Waals surface area (Å²) in [4.78, 5) is 4.29. The Bertz CT molecular complexity index is 681. The van der Waals surface area contributed by atoms with Crippen LogP contribution in [-0.2, 0) is 11.3 Å². The third kappa shape index (κ3) is 7.43. The lowest BCUT2D eigenvalue weighted by Gasteiger charge is -2.22. The molecule has 154 valence electrons. The van der Waals surface area contributed by atoms with Gasteiger partial charge in [-0.05, 0) is 43.0 Å². The number of nitrogens with zero attached hydrogens (tertiary/aromatic N) is 3. The highest BCUT2D eigenvalue weighted by Gasteiger charge is 2.12. The number of halogens is 1. The standard InChI is InChI=1S/C21H31N5O.HI/c1-22-21(23-13-6-16-27-20-7-3-2-4-8-20)24-17-18-9-11-19(12-10-18)26-15-5-14-25-26;/h5,9-12,14-15,20H,2-4,6-8,13,16-17H2,1H3,(H2,22,23,24);1H. The molecule has 1 fully saturated rings. The highest BCUT2D eigenvalue weighted by atomic mass is 127. The molecule has 1 heterocycles. The monoisotopic (exact) mass is 497 g/mol. The maximum Gasteiger partial charge on any atom is 0.191 e. The Morgan fingerprint density at radius 1 is 1.18 bits per heavy atom. The summed E-state index contributed by atoms with van der Waals surface area (Å²) in [5, 5.41) is 11.0. The molecule has 28 heavy (non-hydrogen) atoms. The van der Waals surface area contributed by atoms with Gasteiger partial charge in [-0.25, -0.2) is 4.68 Å². The Morgan fingerprint density at radius 3 is 2.64 bits per heavy atom.